The zero-order valence-electron chi connectivity index (χ0n) is 14.2. The number of carbonyl (C=O) groups is 1. The molecule has 0 radical (unpaired) electrons. The highest BCUT2D eigenvalue weighted by molar-refractivity contribution is 5.90. The van der Waals surface area contributed by atoms with Crippen LogP contribution in [0.3, 0.4) is 0 Å². The number of pyridine rings is 1. The third kappa shape index (κ3) is 3.42. The van der Waals surface area contributed by atoms with E-state index in [1.165, 1.54) is 12.8 Å². The molecule has 6 heteroatoms. The van der Waals surface area contributed by atoms with Crippen molar-refractivity contribution < 1.29 is 9.53 Å². The third-order valence-corrected chi connectivity index (χ3v) is 4.89. The molecule has 2 atom stereocenters. The number of hydrogen-bond acceptors (Lipinski definition) is 4. The SMILES string of the molecule is Cc1nc(N2CCCC2)ccc1NC(=O)N1CCO[C@@H](C)[C@H]1C. The standard InChI is InChI=1S/C17H26N4O2/c1-12-15(6-7-16(18-12)20-8-4-5-9-20)19-17(22)21-10-11-23-14(3)13(21)2/h6-7,13-14H,4-5,8-11H2,1-3H3,(H,19,22)/t13-,14+/m1/s1. The van der Waals surface area contributed by atoms with Crippen molar-refractivity contribution in [3.8, 4) is 0 Å². The maximum Gasteiger partial charge on any atom is 0.322 e. The van der Waals surface area contributed by atoms with E-state index in [4.69, 9.17) is 4.74 Å². The molecule has 2 fully saturated rings. The van der Waals surface area contributed by atoms with Gasteiger partial charge in [0.05, 0.1) is 30.1 Å². The number of nitrogens with one attached hydrogen (secondary N) is 1. The Labute approximate surface area is 137 Å². The molecule has 2 aliphatic heterocycles. The molecule has 1 aromatic heterocycles. The Kier molecular flexibility index (Phi) is 4.71. The molecule has 3 heterocycles. The Morgan fingerprint density at radius 2 is 2.00 bits per heavy atom. The van der Waals surface area contributed by atoms with Gasteiger partial charge in [-0.3, -0.25) is 0 Å². The number of aryl methyl sites for hydroxylation is 1. The van der Waals surface area contributed by atoms with Crippen LogP contribution in [0, 0.1) is 6.92 Å². The lowest BCUT2D eigenvalue weighted by atomic mass is 10.1. The number of anilines is 2. The molecule has 23 heavy (non-hydrogen) atoms. The Morgan fingerprint density at radius 1 is 1.26 bits per heavy atom. The van der Waals surface area contributed by atoms with Crippen LogP contribution in [0.15, 0.2) is 12.1 Å². The second-order valence-electron chi connectivity index (χ2n) is 6.44. The highest BCUT2D eigenvalue weighted by Gasteiger charge is 2.29. The summed E-state index contributed by atoms with van der Waals surface area (Å²) in [5.74, 6) is 1.01. The van der Waals surface area contributed by atoms with E-state index in [2.05, 4.69) is 15.2 Å². The zero-order chi connectivity index (χ0) is 16.4. The van der Waals surface area contributed by atoms with Crippen LogP contribution in [0.1, 0.15) is 32.4 Å². The summed E-state index contributed by atoms with van der Waals surface area (Å²) < 4.78 is 5.58. The lowest BCUT2D eigenvalue weighted by molar-refractivity contribution is -0.0355. The Bertz CT molecular complexity index is 572. The van der Waals surface area contributed by atoms with Gasteiger partial charge in [0.15, 0.2) is 0 Å². The van der Waals surface area contributed by atoms with Crippen molar-refractivity contribution in [1.82, 2.24) is 9.88 Å². The second-order valence-corrected chi connectivity index (χ2v) is 6.44. The summed E-state index contributed by atoms with van der Waals surface area (Å²) in [7, 11) is 0. The summed E-state index contributed by atoms with van der Waals surface area (Å²) in [5, 5.41) is 3.00. The van der Waals surface area contributed by atoms with Crippen molar-refractivity contribution >= 4 is 17.5 Å². The normalized spacial score (nSPS) is 24.8. The van der Waals surface area contributed by atoms with Gasteiger partial charge in [0.2, 0.25) is 0 Å². The minimum absolute atomic E-state index is 0.0614. The molecule has 0 aromatic carbocycles. The number of amides is 2. The fourth-order valence-electron chi connectivity index (χ4n) is 3.21. The van der Waals surface area contributed by atoms with Crippen LogP contribution in [0.2, 0.25) is 0 Å². The largest absolute Gasteiger partial charge is 0.375 e. The van der Waals surface area contributed by atoms with Crippen molar-refractivity contribution in [2.24, 2.45) is 0 Å². The molecule has 3 rings (SSSR count). The Hall–Kier alpha value is -1.82. The molecule has 0 saturated carbocycles. The first kappa shape index (κ1) is 16.1. The predicted octanol–water partition coefficient (Wildman–Crippen LogP) is 2.63. The van der Waals surface area contributed by atoms with Crippen molar-refractivity contribution in [2.45, 2.75) is 45.8 Å². The van der Waals surface area contributed by atoms with Crippen molar-refractivity contribution in [1.29, 1.82) is 0 Å². The van der Waals surface area contributed by atoms with Crippen LogP contribution in [0.5, 0.6) is 0 Å². The maximum absolute atomic E-state index is 12.5. The van der Waals surface area contributed by atoms with E-state index in [0.29, 0.717) is 13.2 Å². The summed E-state index contributed by atoms with van der Waals surface area (Å²) in [6.07, 6.45) is 2.52. The molecule has 0 unspecified atom stereocenters. The fourth-order valence-corrected chi connectivity index (χ4v) is 3.21. The van der Waals surface area contributed by atoms with Crippen LogP contribution in [0.25, 0.3) is 0 Å². The number of nitrogens with zero attached hydrogens (tertiary/aromatic N) is 3. The van der Waals surface area contributed by atoms with Gasteiger partial charge in [-0.2, -0.15) is 0 Å². The molecule has 6 nitrogen and oxygen atoms in total. The summed E-state index contributed by atoms with van der Waals surface area (Å²) in [6, 6.07) is 3.95. The van der Waals surface area contributed by atoms with E-state index in [-0.39, 0.29) is 18.2 Å². The minimum Gasteiger partial charge on any atom is -0.375 e. The molecule has 2 aliphatic rings. The van der Waals surface area contributed by atoms with Crippen molar-refractivity contribution in [3.05, 3.63) is 17.8 Å². The van der Waals surface area contributed by atoms with Gasteiger partial charge >= 0.3 is 6.03 Å². The average molecular weight is 318 g/mol. The molecule has 0 bridgehead atoms. The van der Waals surface area contributed by atoms with Gasteiger partial charge in [-0.15, -0.1) is 0 Å². The number of aromatic nitrogens is 1. The van der Waals surface area contributed by atoms with E-state index in [0.717, 1.165) is 30.3 Å². The molecule has 126 valence electrons. The third-order valence-electron chi connectivity index (χ3n) is 4.89. The van der Waals surface area contributed by atoms with Gasteiger partial charge < -0.3 is 19.9 Å². The summed E-state index contributed by atoms with van der Waals surface area (Å²) in [6.45, 7) is 9.32. The topological polar surface area (TPSA) is 57.7 Å². The summed E-state index contributed by atoms with van der Waals surface area (Å²) in [5.41, 5.74) is 1.64. The van der Waals surface area contributed by atoms with Crippen LogP contribution in [-0.4, -0.2) is 54.3 Å². The van der Waals surface area contributed by atoms with E-state index < -0.39 is 0 Å². The zero-order valence-corrected chi connectivity index (χ0v) is 14.2. The first-order valence-electron chi connectivity index (χ1n) is 8.48. The maximum atomic E-state index is 12.5. The fraction of sp³-hybridized carbons (Fsp3) is 0.647. The van der Waals surface area contributed by atoms with E-state index >= 15 is 0 Å². The van der Waals surface area contributed by atoms with Crippen LogP contribution in [0.4, 0.5) is 16.3 Å². The highest BCUT2D eigenvalue weighted by atomic mass is 16.5. The predicted molar refractivity (Wildman–Crippen MR) is 91.0 cm³/mol. The molecular formula is C17H26N4O2. The first-order chi connectivity index (χ1) is 11.1. The molecule has 2 saturated heterocycles. The van der Waals surface area contributed by atoms with Crippen LogP contribution >= 0.6 is 0 Å². The number of morpholine rings is 1. The van der Waals surface area contributed by atoms with Gasteiger partial charge in [0.1, 0.15) is 5.82 Å². The Morgan fingerprint density at radius 3 is 2.70 bits per heavy atom. The molecule has 1 aromatic rings. The molecule has 0 aliphatic carbocycles. The second kappa shape index (κ2) is 6.74. The van der Waals surface area contributed by atoms with Gasteiger partial charge in [-0.1, -0.05) is 0 Å². The number of urea groups is 1. The summed E-state index contributed by atoms with van der Waals surface area (Å²) in [4.78, 5) is 21.3. The smallest absolute Gasteiger partial charge is 0.322 e. The molecular weight excluding hydrogens is 292 g/mol. The lowest BCUT2D eigenvalue weighted by Crippen LogP contribution is -2.52. The van der Waals surface area contributed by atoms with Crippen LogP contribution in [-0.2, 0) is 4.74 Å². The molecule has 0 spiro atoms. The summed E-state index contributed by atoms with van der Waals surface area (Å²) >= 11 is 0. The Balaban J connectivity index is 1.68. The van der Waals surface area contributed by atoms with E-state index in [1.807, 2.05) is 37.8 Å². The molecule has 1 N–H and O–H groups in total. The van der Waals surface area contributed by atoms with Gasteiger partial charge in [-0.25, -0.2) is 9.78 Å². The van der Waals surface area contributed by atoms with Crippen molar-refractivity contribution in [2.75, 3.05) is 36.5 Å². The lowest BCUT2D eigenvalue weighted by Gasteiger charge is -2.37. The number of carbonyl (C=O) groups excluding carboxylic acids is 1. The van der Waals surface area contributed by atoms with Gasteiger partial charge in [0.25, 0.3) is 0 Å². The van der Waals surface area contributed by atoms with Gasteiger partial charge in [-0.05, 0) is 45.7 Å². The highest BCUT2D eigenvalue weighted by Crippen LogP contribution is 2.23. The molecule has 2 amide bonds. The number of hydrogen-bond donors (Lipinski definition) is 1. The van der Waals surface area contributed by atoms with Crippen LogP contribution < -0.4 is 10.2 Å². The van der Waals surface area contributed by atoms with E-state index in [1.54, 1.807) is 0 Å². The van der Waals surface area contributed by atoms with Gasteiger partial charge in [0, 0.05) is 19.6 Å². The monoisotopic (exact) mass is 318 g/mol. The van der Waals surface area contributed by atoms with E-state index in [9.17, 15) is 4.79 Å². The number of ether oxygens (including phenoxy) is 1. The number of rotatable bonds is 2. The first-order valence-corrected chi connectivity index (χ1v) is 8.48. The minimum atomic E-state index is -0.0773. The quantitative estimate of drug-likeness (QED) is 0.911. The average Bonchev–Trinajstić information content (AvgIpc) is 3.06. The van der Waals surface area contributed by atoms with Crippen molar-refractivity contribution in [3.63, 3.8) is 0 Å².